The third-order valence-electron chi connectivity index (χ3n) is 2.59. The molecular formula is C13H7ClF5NO3S. The molecule has 1 N–H and O–H groups in total. The van der Waals surface area contributed by atoms with E-state index in [1.165, 1.54) is 0 Å². The van der Waals surface area contributed by atoms with Crippen LogP contribution in [-0.4, -0.2) is 14.8 Å². The van der Waals surface area contributed by atoms with Crippen molar-refractivity contribution in [2.75, 3.05) is 4.72 Å². The number of benzene rings is 2. The molecule has 0 aliphatic carbocycles. The summed E-state index contributed by atoms with van der Waals surface area (Å²) in [5.74, 6) is -3.03. The Balaban J connectivity index is 2.29. The van der Waals surface area contributed by atoms with Crippen LogP contribution in [0.5, 0.6) is 5.75 Å². The maximum Gasteiger partial charge on any atom is 0.573 e. The van der Waals surface area contributed by atoms with Crippen LogP contribution in [-0.2, 0) is 10.0 Å². The molecule has 11 heteroatoms. The van der Waals surface area contributed by atoms with Crippen LogP contribution >= 0.6 is 11.6 Å². The van der Waals surface area contributed by atoms with Crippen molar-refractivity contribution in [3.63, 3.8) is 0 Å². The number of anilines is 1. The molecule has 0 heterocycles. The van der Waals surface area contributed by atoms with Gasteiger partial charge in [0.2, 0.25) is 0 Å². The topological polar surface area (TPSA) is 55.4 Å². The molecule has 2 aromatic carbocycles. The third kappa shape index (κ3) is 4.48. The first-order chi connectivity index (χ1) is 11.0. The predicted octanol–water partition coefficient (Wildman–Crippen LogP) is 4.32. The summed E-state index contributed by atoms with van der Waals surface area (Å²) in [7, 11) is -4.44. The van der Waals surface area contributed by atoms with E-state index in [0.717, 1.165) is 24.3 Å². The molecule has 0 fully saturated rings. The van der Waals surface area contributed by atoms with E-state index in [4.69, 9.17) is 11.6 Å². The fourth-order valence-electron chi connectivity index (χ4n) is 1.68. The zero-order valence-corrected chi connectivity index (χ0v) is 12.9. The number of alkyl halides is 3. The molecular weight excluding hydrogens is 381 g/mol. The summed E-state index contributed by atoms with van der Waals surface area (Å²) < 4.78 is 92.3. The highest BCUT2D eigenvalue weighted by atomic mass is 35.5. The minimum Gasteiger partial charge on any atom is -0.404 e. The van der Waals surface area contributed by atoms with E-state index in [2.05, 4.69) is 4.74 Å². The summed E-state index contributed by atoms with van der Waals surface area (Å²) in [5.41, 5.74) is -0.238. The van der Waals surface area contributed by atoms with Crippen molar-refractivity contribution in [3.05, 3.63) is 53.1 Å². The normalized spacial score (nSPS) is 12.1. The lowest BCUT2D eigenvalue weighted by atomic mass is 10.3. The predicted molar refractivity (Wildman–Crippen MR) is 75.3 cm³/mol. The summed E-state index contributed by atoms with van der Waals surface area (Å²) in [4.78, 5) is -0.837. The standard InChI is InChI=1S/C13H7ClF5NO3S/c14-9-6-8(2-3-11(9)23-13(17,18)19)20-24(21,22)12-4-1-7(15)5-10(12)16/h1-6,20H. The van der Waals surface area contributed by atoms with Gasteiger partial charge in [0.25, 0.3) is 10.0 Å². The van der Waals surface area contributed by atoms with Gasteiger partial charge in [0.15, 0.2) is 0 Å². The minimum atomic E-state index is -4.97. The Morgan fingerprint density at radius 3 is 2.25 bits per heavy atom. The molecule has 24 heavy (non-hydrogen) atoms. The second-order valence-corrected chi connectivity index (χ2v) is 6.43. The quantitative estimate of drug-likeness (QED) is 0.795. The number of ether oxygens (including phenoxy) is 1. The smallest absolute Gasteiger partial charge is 0.404 e. The SMILES string of the molecule is O=S(=O)(Nc1ccc(OC(F)(F)F)c(Cl)c1)c1ccc(F)cc1F. The molecule has 130 valence electrons. The first-order valence-corrected chi connectivity index (χ1v) is 7.87. The van der Waals surface area contributed by atoms with Gasteiger partial charge in [0, 0.05) is 6.07 Å². The van der Waals surface area contributed by atoms with Crippen LogP contribution < -0.4 is 9.46 Å². The van der Waals surface area contributed by atoms with Gasteiger partial charge in [-0.05, 0) is 30.3 Å². The van der Waals surface area contributed by atoms with Crippen LogP contribution in [0, 0.1) is 11.6 Å². The van der Waals surface area contributed by atoms with Crippen LogP contribution in [0.2, 0.25) is 5.02 Å². The number of rotatable bonds is 4. The first-order valence-electron chi connectivity index (χ1n) is 6.01. The molecule has 0 spiro atoms. The van der Waals surface area contributed by atoms with Gasteiger partial charge in [-0.3, -0.25) is 4.72 Å². The zero-order chi connectivity index (χ0) is 18.1. The van der Waals surface area contributed by atoms with Crippen LogP contribution in [0.3, 0.4) is 0 Å². The summed E-state index contributed by atoms with van der Waals surface area (Å²) in [5, 5.41) is -0.521. The number of sulfonamides is 1. The van der Waals surface area contributed by atoms with Gasteiger partial charge in [0.05, 0.1) is 10.7 Å². The summed E-state index contributed by atoms with van der Waals surface area (Å²) in [6, 6.07) is 4.39. The minimum absolute atomic E-state index is 0.238. The average molecular weight is 388 g/mol. The van der Waals surface area contributed by atoms with E-state index < -0.39 is 43.7 Å². The van der Waals surface area contributed by atoms with Crippen LogP contribution in [0.25, 0.3) is 0 Å². The second-order valence-electron chi connectivity index (χ2n) is 4.37. The number of nitrogens with one attached hydrogen (secondary N) is 1. The van der Waals surface area contributed by atoms with Crippen molar-refractivity contribution >= 4 is 27.3 Å². The summed E-state index contributed by atoms with van der Waals surface area (Å²) in [6.45, 7) is 0. The number of halogens is 6. The largest absolute Gasteiger partial charge is 0.573 e. The molecule has 0 atom stereocenters. The molecule has 2 aromatic rings. The molecule has 0 radical (unpaired) electrons. The van der Waals surface area contributed by atoms with E-state index in [-0.39, 0.29) is 5.69 Å². The Hall–Kier alpha value is -2.07. The monoisotopic (exact) mass is 387 g/mol. The van der Waals surface area contributed by atoms with Gasteiger partial charge in [-0.15, -0.1) is 13.2 Å². The van der Waals surface area contributed by atoms with Crippen molar-refractivity contribution in [1.29, 1.82) is 0 Å². The van der Waals surface area contributed by atoms with E-state index in [1.54, 1.807) is 0 Å². The van der Waals surface area contributed by atoms with Gasteiger partial charge >= 0.3 is 6.36 Å². The molecule has 0 saturated heterocycles. The first kappa shape index (κ1) is 18.3. The van der Waals surface area contributed by atoms with Gasteiger partial charge in [0.1, 0.15) is 22.3 Å². The Labute approximate surface area is 137 Å². The van der Waals surface area contributed by atoms with E-state index >= 15 is 0 Å². The molecule has 0 aromatic heterocycles. The number of hydrogen-bond acceptors (Lipinski definition) is 3. The molecule has 0 aliphatic rings. The number of hydrogen-bond donors (Lipinski definition) is 1. The average Bonchev–Trinajstić information content (AvgIpc) is 2.39. The molecule has 0 bridgehead atoms. The van der Waals surface area contributed by atoms with Gasteiger partial charge in [-0.1, -0.05) is 11.6 Å². The lowest BCUT2D eigenvalue weighted by Crippen LogP contribution is -2.18. The van der Waals surface area contributed by atoms with Crippen molar-refractivity contribution in [2.45, 2.75) is 11.3 Å². The fourth-order valence-corrected chi connectivity index (χ4v) is 3.00. The van der Waals surface area contributed by atoms with E-state index in [0.29, 0.717) is 12.1 Å². The Morgan fingerprint density at radius 1 is 1.04 bits per heavy atom. The second kappa shape index (κ2) is 6.44. The maximum absolute atomic E-state index is 13.5. The van der Waals surface area contributed by atoms with Gasteiger partial charge < -0.3 is 4.74 Å². The summed E-state index contributed by atoms with van der Waals surface area (Å²) in [6.07, 6.45) is -4.97. The van der Waals surface area contributed by atoms with Crippen molar-refractivity contribution in [1.82, 2.24) is 0 Å². The van der Waals surface area contributed by atoms with Crippen LogP contribution in [0.1, 0.15) is 0 Å². The maximum atomic E-state index is 13.5. The van der Waals surface area contributed by atoms with Crippen LogP contribution in [0.4, 0.5) is 27.6 Å². The van der Waals surface area contributed by atoms with Crippen LogP contribution in [0.15, 0.2) is 41.3 Å². The highest BCUT2D eigenvalue weighted by molar-refractivity contribution is 7.92. The highest BCUT2D eigenvalue weighted by Gasteiger charge is 2.32. The van der Waals surface area contributed by atoms with Gasteiger partial charge in [-0.2, -0.15) is 0 Å². The molecule has 4 nitrogen and oxygen atoms in total. The van der Waals surface area contributed by atoms with E-state index in [9.17, 15) is 30.4 Å². The lowest BCUT2D eigenvalue weighted by molar-refractivity contribution is -0.274. The highest BCUT2D eigenvalue weighted by Crippen LogP contribution is 2.32. The molecule has 0 unspecified atom stereocenters. The third-order valence-corrected chi connectivity index (χ3v) is 4.30. The summed E-state index contributed by atoms with van der Waals surface area (Å²) >= 11 is 5.58. The van der Waals surface area contributed by atoms with Gasteiger partial charge in [-0.25, -0.2) is 17.2 Å². The van der Waals surface area contributed by atoms with Crippen molar-refractivity contribution < 1.29 is 35.1 Å². The Morgan fingerprint density at radius 2 is 1.71 bits per heavy atom. The molecule has 0 saturated carbocycles. The zero-order valence-electron chi connectivity index (χ0n) is 11.4. The lowest BCUT2D eigenvalue weighted by Gasteiger charge is -2.13. The Kier molecular flexibility index (Phi) is 4.90. The molecule has 0 amide bonds. The van der Waals surface area contributed by atoms with Crippen molar-refractivity contribution in [3.8, 4) is 5.75 Å². The Bertz CT molecular complexity index is 870. The molecule has 2 rings (SSSR count). The van der Waals surface area contributed by atoms with Crippen molar-refractivity contribution in [2.24, 2.45) is 0 Å². The fraction of sp³-hybridized carbons (Fsp3) is 0.0769. The molecule has 0 aliphatic heterocycles. The van der Waals surface area contributed by atoms with E-state index in [1.807, 2.05) is 4.72 Å².